The zero-order valence-corrected chi connectivity index (χ0v) is 20.1. The molecule has 1 saturated carbocycles. The van der Waals surface area contributed by atoms with E-state index in [2.05, 4.69) is 44.4 Å². The van der Waals surface area contributed by atoms with Crippen molar-refractivity contribution < 1.29 is 9.59 Å². The van der Waals surface area contributed by atoms with Crippen LogP contribution in [0.5, 0.6) is 0 Å². The van der Waals surface area contributed by atoms with E-state index in [-0.39, 0.29) is 17.2 Å². The molecular formula is C27H35N5O2. The monoisotopic (exact) mass is 461 g/mol. The van der Waals surface area contributed by atoms with Gasteiger partial charge in [-0.15, -0.1) is 5.10 Å². The molecule has 2 aliphatic heterocycles. The van der Waals surface area contributed by atoms with Gasteiger partial charge in [0.1, 0.15) is 0 Å². The smallest absolute Gasteiger partial charge is 0.231 e. The molecule has 180 valence electrons. The third-order valence-corrected chi connectivity index (χ3v) is 8.04. The van der Waals surface area contributed by atoms with Crippen molar-refractivity contribution in [3.63, 3.8) is 0 Å². The number of nitrogens with zero attached hydrogens (tertiary/aromatic N) is 4. The van der Waals surface area contributed by atoms with E-state index >= 15 is 0 Å². The predicted octanol–water partition coefficient (Wildman–Crippen LogP) is 4.23. The molecule has 0 spiro atoms. The lowest BCUT2D eigenvalue weighted by molar-refractivity contribution is -0.144. The van der Waals surface area contributed by atoms with Crippen molar-refractivity contribution in [2.45, 2.75) is 57.8 Å². The van der Waals surface area contributed by atoms with Crippen LogP contribution in [-0.2, 0) is 9.59 Å². The van der Waals surface area contributed by atoms with Crippen LogP contribution in [-0.4, -0.2) is 53.1 Å². The molecule has 2 amide bonds. The molecule has 3 aliphatic rings. The van der Waals surface area contributed by atoms with Crippen molar-refractivity contribution in [1.82, 2.24) is 15.1 Å². The number of rotatable bonds is 5. The highest BCUT2D eigenvalue weighted by Crippen LogP contribution is 2.39. The molecule has 2 aromatic rings. The van der Waals surface area contributed by atoms with E-state index in [0.717, 1.165) is 50.3 Å². The van der Waals surface area contributed by atoms with Gasteiger partial charge in [0.25, 0.3) is 0 Å². The highest BCUT2D eigenvalue weighted by Gasteiger charge is 2.39. The fourth-order valence-electron chi connectivity index (χ4n) is 5.72. The fraction of sp³-hybridized carbons (Fsp3) is 0.556. The molecule has 2 saturated heterocycles. The van der Waals surface area contributed by atoms with Crippen molar-refractivity contribution in [3.05, 3.63) is 48.2 Å². The predicted molar refractivity (Wildman–Crippen MR) is 133 cm³/mol. The van der Waals surface area contributed by atoms with Crippen LogP contribution in [0, 0.1) is 11.3 Å². The fourth-order valence-corrected chi connectivity index (χ4v) is 5.72. The van der Waals surface area contributed by atoms with Crippen LogP contribution >= 0.6 is 0 Å². The molecule has 7 nitrogen and oxygen atoms in total. The molecule has 1 N–H and O–H groups in total. The molecule has 1 aliphatic carbocycles. The van der Waals surface area contributed by atoms with Gasteiger partial charge in [-0.05, 0) is 61.4 Å². The molecule has 3 fully saturated rings. The molecule has 34 heavy (non-hydrogen) atoms. The Balaban J connectivity index is 1.09. The topological polar surface area (TPSA) is 78.4 Å². The number of hydrogen-bond donors (Lipinski definition) is 1. The van der Waals surface area contributed by atoms with Crippen LogP contribution in [0.25, 0.3) is 0 Å². The van der Waals surface area contributed by atoms with E-state index in [1.165, 1.54) is 24.8 Å². The minimum atomic E-state index is -0.142. The van der Waals surface area contributed by atoms with Crippen molar-refractivity contribution >= 4 is 23.3 Å². The Kier molecular flexibility index (Phi) is 6.53. The standard InChI is InChI=1S/C27H35N5O2/c1-27(13-3-2-4-14-27)26(34)31-16-11-21(12-17-31)20-7-9-23(10-8-20)29-25(33)22-18-32(19-22)24-6-5-15-28-30-24/h5-10,15,21-22H,2-4,11-14,16-19H2,1H3,(H,29,33). The molecule has 7 heteroatoms. The number of anilines is 2. The summed E-state index contributed by atoms with van der Waals surface area (Å²) in [6, 6.07) is 12.0. The number of nitrogens with one attached hydrogen (secondary N) is 1. The van der Waals surface area contributed by atoms with Crippen LogP contribution in [0.4, 0.5) is 11.5 Å². The van der Waals surface area contributed by atoms with E-state index < -0.39 is 0 Å². The summed E-state index contributed by atoms with van der Waals surface area (Å²) < 4.78 is 0. The second kappa shape index (κ2) is 9.72. The zero-order valence-electron chi connectivity index (χ0n) is 20.1. The maximum absolute atomic E-state index is 13.1. The summed E-state index contributed by atoms with van der Waals surface area (Å²) in [7, 11) is 0. The Morgan fingerprint density at radius 3 is 2.35 bits per heavy atom. The zero-order chi connectivity index (χ0) is 23.5. The number of hydrogen-bond acceptors (Lipinski definition) is 5. The highest BCUT2D eigenvalue weighted by molar-refractivity contribution is 5.94. The first kappa shape index (κ1) is 22.8. The Labute approximate surface area is 201 Å². The van der Waals surface area contributed by atoms with E-state index in [1.807, 2.05) is 24.3 Å². The van der Waals surface area contributed by atoms with Crippen LogP contribution in [0.1, 0.15) is 63.4 Å². The molecule has 0 bridgehead atoms. The first-order chi connectivity index (χ1) is 16.5. The number of carbonyl (C=O) groups is 2. The van der Waals surface area contributed by atoms with Gasteiger partial charge in [0.05, 0.1) is 5.92 Å². The lowest BCUT2D eigenvalue weighted by Gasteiger charge is -2.40. The molecular weight excluding hydrogens is 426 g/mol. The molecule has 0 radical (unpaired) electrons. The first-order valence-corrected chi connectivity index (χ1v) is 12.7. The number of benzene rings is 1. The third-order valence-electron chi connectivity index (χ3n) is 8.04. The second-order valence-corrected chi connectivity index (χ2v) is 10.5. The third kappa shape index (κ3) is 4.79. The van der Waals surface area contributed by atoms with Crippen molar-refractivity contribution in [3.8, 4) is 0 Å². The van der Waals surface area contributed by atoms with Gasteiger partial charge in [-0.1, -0.05) is 38.3 Å². The van der Waals surface area contributed by atoms with Crippen molar-refractivity contribution in [2.75, 3.05) is 36.4 Å². The molecule has 5 rings (SSSR count). The summed E-state index contributed by atoms with van der Waals surface area (Å²) in [5.74, 6) is 1.68. The minimum Gasteiger partial charge on any atom is -0.353 e. The van der Waals surface area contributed by atoms with Gasteiger partial charge in [-0.2, -0.15) is 5.10 Å². The Hall–Kier alpha value is -2.96. The van der Waals surface area contributed by atoms with Crippen LogP contribution < -0.4 is 10.2 Å². The normalized spacial score (nSPS) is 21.1. The number of aromatic nitrogens is 2. The lowest BCUT2D eigenvalue weighted by Crippen LogP contribution is -2.52. The van der Waals surface area contributed by atoms with Gasteiger partial charge in [0.2, 0.25) is 11.8 Å². The Morgan fingerprint density at radius 2 is 1.71 bits per heavy atom. The summed E-state index contributed by atoms with van der Waals surface area (Å²) in [6.45, 7) is 5.20. The molecule has 3 heterocycles. The van der Waals surface area contributed by atoms with E-state index in [4.69, 9.17) is 0 Å². The molecule has 1 aromatic heterocycles. The second-order valence-electron chi connectivity index (χ2n) is 10.5. The quantitative estimate of drug-likeness (QED) is 0.721. The van der Waals surface area contributed by atoms with Crippen LogP contribution in [0.15, 0.2) is 42.6 Å². The highest BCUT2D eigenvalue weighted by atomic mass is 16.2. The molecule has 0 unspecified atom stereocenters. The number of likely N-dealkylation sites (tertiary alicyclic amines) is 1. The van der Waals surface area contributed by atoms with Gasteiger partial charge in [0, 0.05) is 43.5 Å². The lowest BCUT2D eigenvalue weighted by atomic mass is 9.74. The minimum absolute atomic E-state index is 0.0328. The number of carbonyl (C=O) groups excluding carboxylic acids is 2. The average molecular weight is 462 g/mol. The molecule has 0 atom stereocenters. The van der Waals surface area contributed by atoms with Crippen LogP contribution in [0.2, 0.25) is 0 Å². The largest absolute Gasteiger partial charge is 0.353 e. The summed E-state index contributed by atoms with van der Waals surface area (Å²) in [4.78, 5) is 29.9. The average Bonchev–Trinajstić information content (AvgIpc) is 2.84. The van der Waals surface area contributed by atoms with Gasteiger partial charge in [-0.3, -0.25) is 9.59 Å². The van der Waals surface area contributed by atoms with Gasteiger partial charge < -0.3 is 15.1 Å². The maximum Gasteiger partial charge on any atom is 0.231 e. The Bertz CT molecular complexity index is 989. The summed E-state index contributed by atoms with van der Waals surface area (Å²) >= 11 is 0. The summed E-state index contributed by atoms with van der Waals surface area (Å²) in [5.41, 5.74) is 1.99. The van der Waals surface area contributed by atoms with Crippen LogP contribution in [0.3, 0.4) is 0 Å². The van der Waals surface area contributed by atoms with Crippen molar-refractivity contribution in [1.29, 1.82) is 0 Å². The Morgan fingerprint density at radius 1 is 1.00 bits per heavy atom. The van der Waals surface area contributed by atoms with E-state index in [9.17, 15) is 9.59 Å². The summed E-state index contributed by atoms with van der Waals surface area (Å²) in [5, 5.41) is 11.0. The summed E-state index contributed by atoms with van der Waals surface area (Å²) in [6.07, 6.45) is 9.38. The van der Waals surface area contributed by atoms with Gasteiger partial charge in [-0.25, -0.2) is 0 Å². The number of piperidine rings is 1. The van der Waals surface area contributed by atoms with E-state index in [0.29, 0.717) is 24.9 Å². The molecule has 1 aromatic carbocycles. The van der Waals surface area contributed by atoms with Gasteiger partial charge in [0.15, 0.2) is 5.82 Å². The van der Waals surface area contributed by atoms with E-state index in [1.54, 1.807) is 6.20 Å². The van der Waals surface area contributed by atoms with Crippen molar-refractivity contribution in [2.24, 2.45) is 11.3 Å². The number of amides is 2. The maximum atomic E-state index is 13.1. The SMILES string of the molecule is CC1(C(=O)N2CCC(c3ccc(NC(=O)C4CN(c5cccnn5)C4)cc3)CC2)CCCCC1. The first-order valence-electron chi connectivity index (χ1n) is 12.7. The van der Waals surface area contributed by atoms with Gasteiger partial charge >= 0.3 is 0 Å².